The molecular formula is C23H21Cl2F3N2O4. The molecule has 0 saturated carbocycles. The maximum Gasteiger partial charge on any atom is 0.417 e. The summed E-state index contributed by atoms with van der Waals surface area (Å²) in [4.78, 5) is 39.0. The fourth-order valence-electron chi connectivity index (χ4n) is 3.05. The molecule has 2 aromatic carbocycles. The summed E-state index contributed by atoms with van der Waals surface area (Å²) in [7, 11) is 0. The highest BCUT2D eigenvalue weighted by atomic mass is 35.5. The van der Waals surface area contributed by atoms with Gasteiger partial charge >= 0.3 is 6.18 Å². The molecule has 11 heteroatoms. The van der Waals surface area contributed by atoms with Crippen LogP contribution in [0, 0.1) is 6.92 Å². The fourth-order valence-corrected chi connectivity index (χ4v) is 3.58. The Hall–Kier alpha value is -2.88. The van der Waals surface area contributed by atoms with Gasteiger partial charge in [-0.3, -0.25) is 19.2 Å². The average Bonchev–Trinajstić information content (AvgIpc) is 3.15. The van der Waals surface area contributed by atoms with Crippen LogP contribution in [0.1, 0.15) is 45.2 Å². The molecule has 2 amide bonds. The van der Waals surface area contributed by atoms with Gasteiger partial charge in [0, 0.05) is 27.7 Å². The van der Waals surface area contributed by atoms with Gasteiger partial charge in [0.1, 0.15) is 0 Å². The average molecular weight is 517 g/mol. The number of carbonyl (C=O) groups is 3. The second-order valence-corrected chi connectivity index (χ2v) is 8.02. The van der Waals surface area contributed by atoms with Crippen LogP contribution in [-0.2, 0) is 9.63 Å². The van der Waals surface area contributed by atoms with Gasteiger partial charge in [0.05, 0.1) is 18.6 Å². The summed E-state index contributed by atoms with van der Waals surface area (Å²) in [6.45, 7) is 4.65. The van der Waals surface area contributed by atoms with E-state index in [1.165, 1.54) is 36.3 Å². The first-order valence-electron chi connectivity index (χ1n) is 9.97. The monoisotopic (exact) mass is 516 g/mol. The Balaban J connectivity index is 0.000000430. The summed E-state index contributed by atoms with van der Waals surface area (Å²) >= 11 is 11.5. The molecule has 1 aliphatic heterocycles. The highest BCUT2D eigenvalue weighted by Crippen LogP contribution is 2.36. The zero-order chi connectivity index (χ0) is 25.6. The molecule has 3 rings (SSSR count). The molecule has 0 aliphatic carbocycles. The summed E-state index contributed by atoms with van der Waals surface area (Å²) in [5.41, 5.74) is 4.23. The molecule has 0 atom stereocenters. The van der Waals surface area contributed by atoms with Crippen LogP contribution >= 0.6 is 23.2 Å². The quantitative estimate of drug-likeness (QED) is 0.425. The number of rotatable bonds is 5. The summed E-state index contributed by atoms with van der Waals surface area (Å²) in [5.74, 6) is -1.47. The first-order chi connectivity index (χ1) is 15.8. The lowest BCUT2D eigenvalue weighted by Crippen LogP contribution is -2.22. The molecule has 2 aromatic rings. The van der Waals surface area contributed by atoms with E-state index in [0.717, 1.165) is 12.1 Å². The third-order valence-corrected chi connectivity index (χ3v) is 5.10. The number of alkyl halides is 3. The van der Waals surface area contributed by atoms with Crippen molar-refractivity contribution in [2.45, 2.75) is 26.4 Å². The van der Waals surface area contributed by atoms with Gasteiger partial charge in [-0.2, -0.15) is 13.2 Å². The van der Waals surface area contributed by atoms with Crippen LogP contribution in [0.3, 0.4) is 0 Å². The van der Waals surface area contributed by atoms with E-state index < -0.39 is 23.4 Å². The molecule has 0 unspecified atom stereocenters. The number of nitrogens with two attached hydrogens (primary N) is 1. The number of ketones is 1. The summed E-state index contributed by atoms with van der Waals surface area (Å²) in [5, 5.41) is 1.41. The van der Waals surface area contributed by atoms with Crippen molar-refractivity contribution in [2.75, 3.05) is 13.2 Å². The van der Waals surface area contributed by atoms with Crippen molar-refractivity contribution < 1.29 is 32.4 Å². The number of benzene rings is 2. The SMILES string of the molecule is CCN1OCCC1=O.Cc1cc(C(=O)/C=C(/c2cc(Cl)cc(Cl)c2)C(F)(F)F)ccc1C(N)=O. The van der Waals surface area contributed by atoms with E-state index >= 15 is 0 Å². The van der Waals surface area contributed by atoms with Gasteiger partial charge in [-0.05, 0) is 61.4 Å². The molecular weight excluding hydrogens is 496 g/mol. The Kier molecular flexibility index (Phi) is 9.26. The van der Waals surface area contributed by atoms with Crippen molar-refractivity contribution in [3.05, 3.63) is 74.8 Å². The Morgan fingerprint density at radius 3 is 2.15 bits per heavy atom. The van der Waals surface area contributed by atoms with Gasteiger partial charge in [-0.15, -0.1) is 0 Å². The normalized spacial score (nSPS) is 14.0. The molecule has 1 fully saturated rings. The third-order valence-electron chi connectivity index (χ3n) is 4.66. The molecule has 1 heterocycles. The summed E-state index contributed by atoms with van der Waals surface area (Å²) in [6.07, 6.45) is -3.78. The summed E-state index contributed by atoms with van der Waals surface area (Å²) in [6, 6.07) is 7.27. The fraction of sp³-hybridized carbons (Fsp3) is 0.261. The van der Waals surface area contributed by atoms with Crippen molar-refractivity contribution in [1.29, 1.82) is 0 Å². The predicted octanol–water partition coefficient (Wildman–Crippen LogP) is 5.40. The molecule has 34 heavy (non-hydrogen) atoms. The molecule has 1 aliphatic rings. The number of halogens is 5. The Labute approximate surface area is 204 Å². The number of amides is 2. The lowest BCUT2D eigenvalue weighted by Gasteiger charge is -2.13. The minimum Gasteiger partial charge on any atom is -0.366 e. The first kappa shape index (κ1) is 27.4. The van der Waals surface area contributed by atoms with Crippen molar-refractivity contribution in [3.8, 4) is 0 Å². The Morgan fingerprint density at radius 1 is 1.12 bits per heavy atom. The van der Waals surface area contributed by atoms with Gasteiger partial charge in [-0.1, -0.05) is 29.3 Å². The van der Waals surface area contributed by atoms with Gasteiger partial charge in [0.2, 0.25) is 11.8 Å². The number of nitrogens with zero attached hydrogens (tertiary/aromatic N) is 1. The van der Waals surface area contributed by atoms with E-state index in [9.17, 15) is 27.6 Å². The maximum absolute atomic E-state index is 13.4. The maximum atomic E-state index is 13.4. The van der Waals surface area contributed by atoms with Crippen molar-refractivity contribution in [3.63, 3.8) is 0 Å². The highest BCUT2D eigenvalue weighted by molar-refractivity contribution is 6.35. The molecule has 0 aromatic heterocycles. The molecule has 2 N–H and O–H groups in total. The number of primary amides is 1. The van der Waals surface area contributed by atoms with Crippen LogP contribution in [0.4, 0.5) is 13.2 Å². The predicted molar refractivity (Wildman–Crippen MR) is 122 cm³/mol. The van der Waals surface area contributed by atoms with Crippen LogP contribution in [0.15, 0.2) is 42.5 Å². The van der Waals surface area contributed by atoms with Crippen LogP contribution in [0.5, 0.6) is 0 Å². The number of aryl methyl sites for hydroxylation is 1. The minimum atomic E-state index is -4.80. The van der Waals surface area contributed by atoms with E-state index in [1.54, 1.807) is 0 Å². The number of hydroxylamine groups is 2. The number of allylic oxidation sites excluding steroid dienone is 2. The van der Waals surface area contributed by atoms with Gasteiger partial charge in [0.15, 0.2) is 5.78 Å². The van der Waals surface area contributed by atoms with Crippen molar-refractivity contribution in [2.24, 2.45) is 5.73 Å². The number of hydrogen-bond donors (Lipinski definition) is 1. The van der Waals surface area contributed by atoms with E-state index in [2.05, 4.69) is 0 Å². The molecule has 6 nitrogen and oxygen atoms in total. The summed E-state index contributed by atoms with van der Waals surface area (Å²) < 4.78 is 40.3. The number of hydrogen-bond acceptors (Lipinski definition) is 4. The lowest BCUT2D eigenvalue weighted by molar-refractivity contribution is -0.160. The number of carbonyl (C=O) groups excluding carboxylic acids is 3. The zero-order valence-corrected chi connectivity index (χ0v) is 19.7. The van der Waals surface area contributed by atoms with Crippen LogP contribution in [-0.4, -0.2) is 42.0 Å². The Bertz CT molecular complexity index is 1110. The van der Waals surface area contributed by atoms with Crippen molar-refractivity contribution in [1.82, 2.24) is 5.06 Å². The largest absolute Gasteiger partial charge is 0.417 e. The second kappa shape index (κ2) is 11.5. The zero-order valence-electron chi connectivity index (χ0n) is 18.2. The Morgan fingerprint density at radius 2 is 1.74 bits per heavy atom. The lowest BCUT2D eigenvalue weighted by atomic mass is 9.98. The van der Waals surface area contributed by atoms with Crippen LogP contribution in [0.2, 0.25) is 10.0 Å². The van der Waals surface area contributed by atoms with E-state index in [1.807, 2.05) is 6.92 Å². The van der Waals surface area contributed by atoms with Gasteiger partial charge in [-0.25, -0.2) is 5.06 Å². The molecule has 0 spiro atoms. The van der Waals surface area contributed by atoms with E-state index in [-0.39, 0.29) is 32.6 Å². The van der Waals surface area contributed by atoms with Crippen LogP contribution in [0.25, 0.3) is 5.57 Å². The van der Waals surface area contributed by atoms with Gasteiger partial charge < -0.3 is 5.73 Å². The standard InChI is InChI=1S/C18H12Cl2F3NO2.C5H9NO2/c1-9-4-10(2-3-14(9)17(24)26)16(25)8-15(18(21,22)23)11-5-12(19)7-13(20)6-11;1-2-6-5(7)3-4-8-6/h2-8H,1H3,(H2,24,26);2-4H2,1H3/b15-8-;. The van der Waals surface area contributed by atoms with Crippen LogP contribution < -0.4 is 5.73 Å². The second-order valence-electron chi connectivity index (χ2n) is 7.14. The molecule has 182 valence electrons. The van der Waals surface area contributed by atoms with E-state index in [0.29, 0.717) is 31.2 Å². The van der Waals surface area contributed by atoms with Gasteiger partial charge in [0.25, 0.3) is 0 Å². The van der Waals surface area contributed by atoms with Crippen molar-refractivity contribution >= 4 is 46.4 Å². The third kappa shape index (κ3) is 7.31. The first-order valence-corrected chi connectivity index (χ1v) is 10.7. The molecule has 0 radical (unpaired) electrons. The minimum absolute atomic E-state index is 0.0109. The topological polar surface area (TPSA) is 89.7 Å². The van der Waals surface area contributed by atoms with E-state index in [4.69, 9.17) is 33.8 Å². The highest BCUT2D eigenvalue weighted by Gasteiger charge is 2.35. The molecule has 0 bridgehead atoms. The smallest absolute Gasteiger partial charge is 0.366 e. The molecule has 1 saturated heterocycles.